The Kier molecular flexibility index (Phi) is 6.82. The molecule has 3 rings (SSSR count). The Labute approximate surface area is 160 Å². The van der Waals surface area contributed by atoms with Crippen LogP contribution in [0.25, 0.3) is 0 Å². The topological polar surface area (TPSA) is 41.6 Å². The van der Waals surface area contributed by atoms with Gasteiger partial charge >= 0.3 is 0 Å². The molecule has 4 nitrogen and oxygen atoms in total. The lowest BCUT2D eigenvalue weighted by atomic mass is 9.93. The summed E-state index contributed by atoms with van der Waals surface area (Å²) in [6, 6.07) is 13.6. The highest BCUT2D eigenvalue weighted by Crippen LogP contribution is 2.25. The molecule has 0 aliphatic carbocycles. The van der Waals surface area contributed by atoms with Crippen molar-refractivity contribution in [3.8, 4) is 5.75 Å². The Morgan fingerprint density at radius 3 is 2.56 bits per heavy atom. The Hall–Kier alpha value is -2.40. The van der Waals surface area contributed by atoms with Crippen LogP contribution in [0.4, 0.5) is 4.39 Å². The van der Waals surface area contributed by atoms with E-state index in [1.54, 1.807) is 12.1 Å². The molecule has 1 amide bonds. The van der Waals surface area contributed by atoms with Crippen LogP contribution in [0.5, 0.6) is 5.75 Å². The van der Waals surface area contributed by atoms with Gasteiger partial charge in [0.25, 0.3) is 5.91 Å². The minimum absolute atomic E-state index is 0.0248. The fourth-order valence-corrected chi connectivity index (χ4v) is 3.45. The van der Waals surface area contributed by atoms with Gasteiger partial charge in [0.1, 0.15) is 18.2 Å². The number of carbonyl (C=O) groups excluding carboxylic acids is 1. The average molecular weight is 370 g/mol. The van der Waals surface area contributed by atoms with Crippen LogP contribution in [0.1, 0.15) is 35.2 Å². The zero-order valence-electron chi connectivity index (χ0n) is 15.8. The number of para-hydroxylation sites is 1. The summed E-state index contributed by atoms with van der Waals surface area (Å²) in [6.07, 6.45) is 3.26. The van der Waals surface area contributed by atoms with Crippen LogP contribution < -0.4 is 10.1 Å². The minimum Gasteiger partial charge on any atom is -0.488 e. The van der Waals surface area contributed by atoms with Crippen LogP contribution in [0, 0.1) is 11.7 Å². The van der Waals surface area contributed by atoms with Gasteiger partial charge in [0, 0.05) is 13.1 Å². The first-order chi connectivity index (χ1) is 13.2. The third-order valence-corrected chi connectivity index (χ3v) is 5.13. The van der Waals surface area contributed by atoms with E-state index in [9.17, 15) is 9.18 Å². The zero-order chi connectivity index (χ0) is 19.1. The molecule has 1 fully saturated rings. The second-order valence-corrected chi connectivity index (χ2v) is 7.04. The van der Waals surface area contributed by atoms with E-state index in [0.29, 0.717) is 23.8 Å². The van der Waals surface area contributed by atoms with E-state index in [0.717, 1.165) is 44.5 Å². The van der Waals surface area contributed by atoms with Gasteiger partial charge in [-0.2, -0.15) is 0 Å². The fourth-order valence-electron chi connectivity index (χ4n) is 3.45. The molecule has 1 N–H and O–H groups in total. The highest BCUT2D eigenvalue weighted by molar-refractivity contribution is 5.97. The normalized spacial score (nSPS) is 15.0. The summed E-state index contributed by atoms with van der Waals surface area (Å²) in [7, 11) is 1.97. The van der Waals surface area contributed by atoms with Gasteiger partial charge in [0.15, 0.2) is 0 Å². The number of ether oxygens (including phenoxy) is 1. The maximum absolute atomic E-state index is 13.0. The van der Waals surface area contributed by atoms with Crippen molar-refractivity contribution in [2.45, 2.75) is 25.9 Å². The number of nitrogens with zero attached hydrogens (tertiary/aromatic N) is 1. The summed E-state index contributed by atoms with van der Waals surface area (Å²) in [4.78, 5) is 14.9. The van der Waals surface area contributed by atoms with Crippen LogP contribution in [0.15, 0.2) is 48.5 Å². The number of likely N-dealkylation sites (tertiary alicyclic amines) is 1. The van der Waals surface area contributed by atoms with Gasteiger partial charge in [-0.05, 0) is 68.6 Å². The standard InChI is InChI=1S/C22H27FN2O2/c1-24-13-10-17-11-14-25(15-12-17)22(26)20-4-2-3-5-21(20)27-16-18-6-8-19(23)9-7-18/h2-9,17,24H,10-16H2,1H3. The van der Waals surface area contributed by atoms with E-state index in [1.165, 1.54) is 12.1 Å². The maximum Gasteiger partial charge on any atom is 0.257 e. The molecule has 2 aromatic rings. The second kappa shape index (κ2) is 9.51. The quantitative estimate of drug-likeness (QED) is 0.805. The predicted molar refractivity (Wildman–Crippen MR) is 104 cm³/mol. The minimum atomic E-state index is -0.271. The van der Waals surface area contributed by atoms with Crippen molar-refractivity contribution in [2.75, 3.05) is 26.7 Å². The lowest BCUT2D eigenvalue weighted by Gasteiger charge is -2.32. The van der Waals surface area contributed by atoms with Crippen molar-refractivity contribution in [3.05, 3.63) is 65.5 Å². The Morgan fingerprint density at radius 2 is 1.85 bits per heavy atom. The van der Waals surface area contributed by atoms with Crippen molar-refractivity contribution < 1.29 is 13.9 Å². The maximum atomic E-state index is 13.0. The van der Waals surface area contributed by atoms with Crippen molar-refractivity contribution in [2.24, 2.45) is 5.92 Å². The van der Waals surface area contributed by atoms with Crippen molar-refractivity contribution in [1.82, 2.24) is 10.2 Å². The molecule has 2 aromatic carbocycles. The summed E-state index contributed by atoms with van der Waals surface area (Å²) in [5.41, 5.74) is 1.46. The molecule has 27 heavy (non-hydrogen) atoms. The van der Waals surface area contributed by atoms with Gasteiger partial charge in [-0.3, -0.25) is 4.79 Å². The highest BCUT2D eigenvalue weighted by Gasteiger charge is 2.25. The summed E-state index contributed by atoms with van der Waals surface area (Å²) >= 11 is 0. The van der Waals surface area contributed by atoms with Gasteiger partial charge in [0.2, 0.25) is 0 Å². The zero-order valence-corrected chi connectivity index (χ0v) is 15.8. The lowest BCUT2D eigenvalue weighted by Crippen LogP contribution is -2.39. The number of nitrogens with one attached hydrogen (secondary N) is 1. The predicted octanol–water partition coefficient (Wildman–Crippen LogP) is 3.87. The smallest absolute Gasteiger partial charge is 0.257 e. The van der Waals surface area contributed by atoms with Gasteiger partial charge < -0.3 is 15.0 Å². The number of halogens is 1. The molecule has 0 aromatic heterocycles. The number of hydrogen-bond donors (Lipinski definition) is 1. The van der Waals surface area contributed by atoms with Crippen LogP contribution in [0.2, 0.25) is 0 Å². The monoisotopic (exact) mass is 370 g/mol. The molecule has 0 bridgehead atoms. The summed E-state index contributed by atoms with van der Waals surface area (Å²) in [6.45, 7) is 2.91. The van der Waals surface area contributed by atoms with Gasteiger partial charge in [-0.15, -0.1) is 0 Å². The summed E-state index contributed by atoms with van der Waals surface area (Å²) in [5, 5.41) is 3.19. The lowest BCUT2D eigenvalue weighted by molar-refractivity contribution is 0.0682. The van der Waals surface area contributed by atoms with E-state index < -0.39 is 0 Å². The molecular weight excluding hydrogens is 343 g/mol. The van der Waals surface area contributed by atoms with E-state index in [-0.39, 0.29) is 11.7 Å². The molecule has 0 saturated carbocycles. The van der Waals surface area contributed by atoms with Crippen LogP contribution in [-0.4, -0.2) is 37.5 Å². The molecule has 1 aliphatic rings. The van der Waals surface area contributed by atoms with Gasteiger partial charge in [-0.1, -0.05) is 24.3 Å². The first-order valence-corrected chi connectivity index (χ1v) is 9.57. The first-order valence-electron chi connectivity index (χ1n) is 9.57. The number of benzene rings is 2. The van der Waals surface area contributed by atoms with Crippen LogP contribution >= 0.6 is 0 Å². The number of hydrogen-bond acceptors (Lipinski definition) is 3. The second-order valence-electron chi connectivity index (χ2n) is 7.04. The van der Waals surface area contributed by atoms with Gasteiger partial charge in [-0.25, -0.2) is 4.39 Å². The Morgan fingerprint density at radius 1 is 1.15 bits per heavy atom. The number of rotatable bonds is 7. The molecule has 0 spiro atoms. The van der Waals surface area contributed by atoms with E-state index in [1.807, 2.05) is 36.2 Å². The van der Waals surface area contributed by atoms with E-state index in [2.05, 4.69) is 5.32 Å². The third kappa shape index (κ3) is 5.30. The molecule has 0 radical (unpaired) electrons. The molecule has 0 unspecified atom stereocenters. The SMILES string of the molecule is CNCCC1CCN(C(=O)c2ccccc2OCc2ccc(F)cc2)CC1. The molecule has 1 saturated heterocycles. The summed E-state index contributed by atoms with van der Waals surface area (Å²) in [5.74, 6) is 1.01. The number of carbonyl (C=O) groups is 1. The Balaban J connectivity index is 1.61. The van der Waals surface area contributed by atoms with Crippen molar-refractivity contribution in [1.29, 1.82) is 0 Å². The van der Waals surface area contributed by atoms with Crippen LogP contribution in [-0.2, 0) is 6.61 Å². The van der Waals surface area contributed by atoms with Crippen LogP contribution in [0.3, 0.4) is 0 Å². The van der Waals surface area contributed by atoms with Crippen molar-refractivity contribution >= 4 is 5.91 Å². The molecular formula is C22H27FN2O2. The van der Waals surface area contributed by atoms with E-state index in [4.69, 9.17) is 4.74 Å². The number of piperidine rings is 1. The van der Waals surface area contributed by atoms with Crippen molar-refractivity contribution in [3.63, 3.8) is 0 Å². The fraction of sp³-hybridized carbons (Fsp3) is 0.409. The molecule has 1 aliphatic heterocycles. The average Bonchev–Trinajstić information content (AvgIpc) is 2.72. The molecule has 144 valence electrons. The summed E-state index contributed by atoms with van der Waals surface area (Å²) < 4.78 is 18.9. The Bertz CT molecular complexity index is 740. The van der Waals surface area contributed by atoms with E-state index >= 15 is 0 Å². The van der Waals surface area contributed by atoms with Gasteiger partial charge in [0.05, 0.1) is 5.56 Å². The number of amides is 1. The highest BCUT2D eigenvalue weighted by atomic mass is 19.1. The molecule has 0 atom stereocenters. The third-order valence-electron chi connectivity index (χ3n) is 5.13. The largest absolute Gasteiger partial charge is 0.488 e. The first kappa shape index (κ1) is 19.4. The molecule has 1 heterocycles. The molecule has 5 heteroatoms.